The number of carboxylic acid groups (broad SMARTS) is 1. The number of carbonyl (C=O) groups excluding carboxylic acids is 1. The highest BCUT2D eigenvalue weighted by Gasteiger charge is 2.22. The Morgan fingerprint density at radius 3 is 2.82 bits per heavy atom. The number of H-pyrrole nitrogens is 1. The van der Waals surface area contributed by atoms with Crippen molar-refractivity contribution in [3.63, 3.8) is 0 Å². The molecule has 2 aromatic heterocycles. The SMILES string of the molecule is CC(C)C(c1cc2c(CC(=O)O)cccc2[nH]1)n1cc(C=CC(=O)NO)nn1. The summed E-state index contributed by atoms with van der Waals surface area (Å²) in [4.78, 5) is 25.6. The molecule has 1 atom stereocenters. The number of carbonyl (C=O) groups is 2. The smallest absolute Gasteiger partial charge is 0.307 e. The topological polar surface area (TPSA) is 133 Å². The average molecular weight is 383 g/mol. The van der Waals surface area contributed by atoms with Crippen molar-refractivity contribution in [2.75, 3.05) is 0 Å². The van der Waals surface area contributed by atoms with E-state index in [1.165, 1.54) is 11.6 Å². The van der Waals surface area contributed by atoms with Crippen LogP contribution in [0.1, 0.15) is 36.8 Å². The summed E-state index contributed by atoms with van der Waals surface area (Å²) >= 11 is 0. The van der Waals surface area contributed by atoms with Gasteiger partial charge in [-0.2, -0.15) is 0 Å². The molecule has 0 radical (unpaired) electrons. The number of aromatic nitrogens is 4. The lowest BCUT2D eigenvalue weighted by Gasteiger charge is -2.19. The normalized spacial score (nSPS) is 12.7. The Kier molecular flexibility index (Phi) is 5.55. The summed E-state index contributed by atoms with van der Waals surface area (Å²) in [6.07, 6.45) is 4.25. The number of aliphatic carboxylic acids is 1. The molecule has 28 heavy (non-hydrogen) atoms. The number of benzene rings is 1. The third-order valence-electron chi connectivity index (χ3n) is 4.40. The van der Waals surface area contributed by atoms with Crippen LogP contribution in [0.2, 0.25) is 0 Å². The van der Waals surface area contributed by atoms with E-state index in [1.807, 2.05) is 38.1 Å². The van der Waals surface area contributed by atoms with Gasteiger partial charge in [0, 0.05) is 22.7 Å². The van der Waals surface area contributed by atoms with Crippen molar-refractivity contribution in [2.24, 2.45) is 5.92 Å². The van der Waals surface area contributed by atoms with Crippen LogP contribution in [-0.4, -0.2) is 42.2 Å². The predicted molar refractivity (Wildman–Crippen MR) is 102 cm³/mol. The molecule has 0 saturated carbocycles. The fourth-order valence-corrected chi connectivity index (χ4v) is 3.22. The molecule has 146 valence electrons. The van der Waals surface area contributed by atoms with Crippen molar-refractivity contribution >= 4 is 28.9 Å². The van der Waals surface area contributed by atoms with Gasteiger partial charge in [0.05, 0.1) is 18.7 Å². The van der Waals surface area contributed by atoms with Crippen molar-refractivity contribution in [2.45, 2.75) is 26.3 Å². The number of carboxylic acids is 1. The first kappa shape index (κ1) is 19.3. The van der Waals surface area contributed by atoms with Gasteiger partial charge in [0.2, 0.25) is 0 Å². The lowest BCUT2D eigenvalue weighted by molar-refractivity contribution is -0.136. The van der Waals surface area contributed by atoms with Crippen LogP contribution in [0.3, 0.4) is 0 Å². The second kappa shape index (κ2) is 8.05. The van der Waals surface area contributed by atoms with E-state index >= 15 is 0 Å². The lowest BCUT2D eigenvalue weighted by atomic mass is 10.0. The molecule has 1 amide bonds. The van der Waals surface area contributed by atoms with Crippen LogP contribution in [0, 0.1) is 5.92 Å². The van der Waals surface area contributed by atoms with E-state index in [9.17, 15) is 9.59 Å². The van der Waals surface area contributed by atoms with Gasteiger partial charge in [-0.1, -0.05) is 31.2 Å². The molecule has 2 heterocycles. The van der Waals surface area contributed by atoms with Crippen LogP contribution in [-0.2, 0) is 16.0 Å². The number of hydroxylamine groups is 1. The van der Waals surface area contributed by atoms with Crippen molar-refractivity contribution < 1.29 is 19.9 Å². The summed E-state index contributed by atoms with van der Waals surface area (Å²) in [7, 11) is 0. The van der Waals surface area contributed by atoms with Gasteiger partial charge in [0.15, 0.2) is 0 Å². The largest absolute Gasteiger partial charge is 0.481 e. The third kappa shape index (κ3) is 4.09. The van der Waals surface area contributed by atoms with Gasteiger partial charge in [0.1, 0.15) is 5.69 Å². The van der Waals surface area contributed by atoms with Crippen molar-refractivity contribution in [1.82, 2.24) is 25.5 Å². The second-order valence-corrected chi connectivity index (χ2v) is 6.80. The number of hydrogen-bond acceptors (Lipinski definition) is 5. The fourth-order valence-electron chi connectivity index (χ4n) is 3.22. The number of amides is 1. The van der Waals surface area contributed by atoms with E-state index in [2.05, 4.69) is 15.3 Å². The number of rotatable bonds is 7. The van der Waals surface area contributed by atoms with Gasteiger partial charge in [-0.15, -0.1) is 5.10 Å². The van der Waals surface area contributed by atoms with E-state index in [0.29, 0.717) is 5.69 Å². The molecule has 9 heteroatoms. The molecule has 0 aliphatic carbocycles. The summed E-state index contributed by atoms with van der Waals surface area (Å²) < 4.78 is 1.70. The minimum Gasteiger partial charge on any atom is -0.481 e. The fraction of sp³-hybridized carbons (Fsp3) is 0.263. The Morgan fingerprint density at radius 1 is 1.36 bits per heavy atom. The predicted octanol–water partition coefficient (Wildman–Crippen LogP) is 2.15. The first-order valence-electron chi connectivity index (χ1n) is 8.75. The van der Waals surface area contributed by atoms with E-state index in [1.54, 1.807) is 10.9 Å². The van der Waals surface area contributed by atoms with Crippen LogP contribution in [0.5, 0.6) is 0 Å². The van der Waals surface area contributed by atoms with Crippen LogP contribution >= 0.6 is 0 Å². The van der Waals surface area contributed by atoms with Crippen LogP contribution in [0.4, 0.5) is 0 Å². The number of nitrogens with one attached hydrogen (secondary N) is 2. The minimum atomic E-state index is -0.879. The number of nitrogens with zero attached hydrogens (tertiary/aromatic N) is 3. The summed E-state index contributed by atoms with van der Waals surface area (Å²) in [5, 5.41) is 26.7. The molecule has 3 aromatic rings. The second-order valence-electron chi connectivity index (χ2n) is 6.80. The van der Waals surface area contributed by atoms with Gasteiger partial charge in [-0.3, -0.25) is 14.8 Å². The average Bonchev–Trinajstić information content (AvgIpc) is 3.27. The highest BCUT2D eigenvalue weighted by Crippen LogP contribution is 2.30. The van der Waals surface area contributed by atoms with Gasteiger partial charge in [-0.05, 0) is 29.7 Å². The van der Waals surface area contributed by atoms with Crippen molar-refractivity contribution in [1.29, 1.82) is 0 Å². The molecule has 0 aliphatic heterocycles. The molecule has 0 aliphatic rings. The van der Waals surface area contributed by atoms with Gasteiger partial charge in [-0.25, -0.2) is 10.2 Å². The summed E-state index contributed by atoms with van der Waals surface area (Å²) in [6, 6.07) is 7.34. The van der Waals surface area contributed by atoms with Crippen molar-refractivity contribution in [3.05, 3.63) is 53.5 Å². The minimum absolute atomic E-state index is 0.0494. The molecule has 0 saturated heterocycles. The van der Waals surface area contributed by atoms with E-state index in [-0.39, 0.29) is 18.4 Å². The Morgan fingerprint density at radius 2 is 2.14 bits per heavy atom. The third-order valence-corrected chi connectivity index (χ3v) is 4.40. The number of hydrogen-bond donors (Lipinski definition) is 4. The maximum absolute atomic E-state index is 11.1. The highest BCUT2D eigenvalue weighted by molar-refractivity contribution is 5.90. The number of fused-ring (bicyclic) bond motifs is 1. The first-order valence-corrected chi connectivity index (χ1v) is 8.75. The van der Waals surface area contributed by atoms with Crippen LogP contribution in [0.15, 0.2) is 36.5 Å². The molecule has 0 bridgehead atoms. The van der Waals surface area contributed by atoms with E-state index < -0.39 is 11.9 Å². The lowest BCUT2D eigenvalue weighted by Crippen LogP contribution is -2.17. The molecule has 3 rings (SSSR count). The quantitative estimate of drug-likeness (QED) is 0.281. The maximum Gasteiger partial charge on any atom is 0.307 e. The highest BCUT2D eigenvalue weighted by atomic mass is 16.5. The van der Waals surface area contributed by atoms with Crippen LogP contribution in [0.25, 0.3) is 17.0 Å². The zero-order valence-corrected chi connectivity index (χ0v) is 15.5. The van der Waals surface area contributed by atoms with Gasteiger partial charge in [0.25, 0.3) is 5.91 Å². The molecule has 1 unspecified atom stereocenters. The molecule has 9 nitrogen and oxygen atoms in total. The molecule has 0 spiro atoms. The monoisotopic (exact) mass is 383 g/mol. The van der Waals surface area contributed by atoms with Gasteiger partial charge >= 0.3 is 5.97 Å². The van der Waals surface area contributed by atoms with E-state index in [0.717, 1.165) is 28.2 Å². The Labute approximate surface area is 160 Å². The van der Waals surface area contributed by atoms with E-state index in [4.69, 9.17) is 10.3 Å². The maximum atomic E-state index is 11.1. The zero-order valence-electron chi connectivity index (χ0n) is 15.5. The zero-order chi connectivity index (χ0) is 20.3. The number of aromatic amines is 1. The summed E-state index contributed by atoms with van der Waals surface area (Å²) in [6.45, 7) is 4.09. The van der Waals surface area contributed by atoms with Crippen molar-refractivity contribution in [3.8, 4) is 0 Å². The Hall–Kier alpha value is -3.46. The molecule has 4 N–H and O–H groups in total. The molecular formula is C19H21N5O4. The summed E-state index contributed by atoms with van der Waals surface area (Å²) in [5.41, 5.74) is 4.47. The van der Waals surface area contributed by atoms with Crippen LogP contribution < -0.4 is 5.48 Å². The van der Waals surface area contributed by atoms with Gasteiger partial charge < -0.3 is 10.1 Å². The molecule has 0 fully saturated rings. The molecular weight excluding hydrogens is 362 g/mol. The Bertz CT molecular complexity index is 1030. The molecule has 1 aromatic carbocycles. The Balaban J connectivity index is 1.97. The summed E-state index contributed by atoms with van der Waals surface area (Å²) in [5.74, 6) is -1.37. The first-order chi connectivity index (χ1) is 13.4. The standard InChI is InChI=1S/C19H21N5O4/c1-11(2)19(24-10-13(21-23-24)6-7-17(25)22-28)16-9-14-12(8-18(26)27)4-3-5-15(14)20-16/h3-7,9-11,19-20,28H,8H2,1-2H3,(H,22,25)(H,26,27).